The standard InChI is InChI=1S/C29H26N4O4/c1-37-21-9-6-18(7-10-21)17-33-28(35)22-11-8-20(16-23(22)29(33)36)27(34)32-14-12-19(13-15-32)26-30-24-4-2-3-5-25(24)31-26/h2-11,16,19H,12-15,17H2,1H3,(H,30,31). The number of para-hydroxylation sites is 2. The topological polar surface area (TPSA) is 95.6 Å². The summed E-state index contributed by atoms with van der Waals surface area (Å²) >= 11 is 0. The number of amides is 3. The first kappa shape index (κ1) is 23.0. The molecule has 1 saturated heterocycles. The largest absolute Gasteiger partial charge is 0.497 e. The third kappa shape index (κ3) is 4.14. The number of carbonyl (C=O) groups is 3. The fraction of sp³-hybridized carbons (Fsp3) is 0.241. The van der Waals surface area contributed by atoms with E-state index in [1.54, 1.807) is 37.4 Å². The second-order valence-corrected chi connectivity index (χ2v) is 9.51. The molecule has 186 valence electrons. The van der Waals surface area contributed by atoms with E-state index in [1.165, 1.54) is 4.90 Å². The number of aromatic nitrogens is 2. The minimum atomic E-state index is -0.380. The average molecular weight is 495 g/mol. The van der Waals surface area contributed by atoms with Crippen molar-refractivity contribution in [2.24, 2.45) is 0 Å². The molecule has 1 aromatic heterocycles. The molecule has 1 fully saturated rings. The van der Waals surface area contributed by atoms with E-state index >= 15 is 0 Å². The number of aromatic amines is 1. The van der Waals surface area contributed by atoms with Crippen molar-refractivity contribution in [3.05, 3.63) is 94.8 Å². The van der Waals surface area contributed by atoms with Crippen molar-refractivity contribution < 1.29 is 19.1 Å². The minimum absolute atomic E-state index is 0.125. The van der Waals surface area contributed by atoms with Crippen LogP contribution >= 0.6 is 0 Å². The molecule has 2 aliphatic heterocycles. The Bertz CT molecular complexity index is 1480. The number of H-pyrrole nitrogens is 1. The summed E-state index contributed by atoms with van der Waals surface area (Å²) in [6.07, 6.45) is 1.62. The lowest BCUT2D eigenvalue weighted by molar-refractivity contribution is 0.0641. The van der Waals surface area contributed by atoms with Gasteiger partial charge in [-0.25, -0.2) is 4.98 Å². The molecular formula is C29H26N4O4. The van der Waals surface area contributed by atoms with E-state index in [0.29, 0.717) is 30.0 Å². The van der Waals surface area contributed by atoms with Crippen molar-refractivity contribution in [1.82, 2.24) is 19.8 Å². The summed E-state index contributed by atoms with van der Waals surface area (Å²) in [6.45, 7) is 1.37. The van der Waals surface area contributed by atoms with Crippen LogP contribution < -0.4 is 4.74 Å². The number of piperidine rings is 1. The van der Waals surface area contributed by atoms with Gasteiger partial charge in [-0.05, 0) is 60.9 Å². The summed E-state index contributed by atoms with van der Waals surface area (Å²) in [5.74, 6) is 1.08. The molecule has 0 saturated carbocycles. The zero-order valence-corrected chi connectivity index (χ0v) is 20.4. The normalized spacial score (nSPS) is 15.9. The summed E-state index contributed by atoms with van der Waals surface area (Å²) in [5, 5.41) is 0. The molecule has 6 rings (SSSR count). The number of benzene rings is 3. The Morgan fingerprint density at radius 2 is 1.70 bits per heavy atom. The van der Waals surface area contributed by atoms with Crippen molar-refractivity contribution in [2.75, 3.05) is 20.2 Å². The first-order valence-corrected chi connectivity index (χ1v) is 12.4. The monoisotopic (exact) mass is 494 g/mol. The maximum Gasteiger partial charge on any atom is 0.261 e. The minimum Gasteiger partial charge on any atom is -0.497 e. The van der Waals surface area contributed by atoms with E-state index in [2.05, 4.69) is 4.98 Å². The van der Waals surface area contributed by atoms with Crippen LogP contribution in [0.2, 0.25) is 0 Å². The van der Waals surface area contributed by atoms with Crippen LogP contribution in [0.25, 0.3) is 11.0 Å². The summed E-state index contributed by atoms with van der Waals surface area (Å²) in [4.78, 5) is 50.5. The van der Waals surface area contributed by atoms with E-state index in [4.69, 9.17) is 9.72 Å². The number of methoxy groups -OCH3 is 1. The van der Waals surface area contributed by atoms with Crippen molar-refractivity contribution >= 4 is 28.8 Å². The molecule has 0 radical (unpaired) electrons. The van der Waals surface area contributed by atoms with Gasteiger partial charge in [-0.1, -0.05) is 24.3 Å². The summed E-state index contributed by atoms with van der Waals surface area (Å²) in [5.41, 5.74) is 3.83. The van der Waals surface area contributed by atoms with Crippen LogP contribution in [-0.4, -0.2) is 57.7 Å². The van der Waals surface area contributed by atoms with E-state index in [1.807, 2.05) is 41.3 Å². The Morgan fingerprint density at radius 1 is 0.973 bits per heavy atom. The lowest BCUT2D eigenvalue weighted by atomic mass is 9.95. The third-order valence-electron chi connectivity index (χ3n) is 7.29. The molecule has 3 amide bonds. The first-order chi connectivity index (χ1) is 18.0. The van der Waals surface area contributed by atoms with Crippen LogP contribution in [0.15, 0.2) is 66.7 Å². The highest BCUT2D eigenvalue weighted by Gasteiger charge is 2.36. The molecule has 0 spiro atoms. The molecule has 3 aromatic carbocycles. The highest BCUT2D eigenvalue weighted by atomic mass is 16.5. The number of hydrogen-bond acceptors (Lipinski definition) is 5. The number of imide groups is 1. The number of nitrogens with zero attached hydrogens (tertiary/aromatic N) is 3. The zero-order chi connectivity index (χ0) is 25.5. The average Bonchev–Trinajstić information content (AvgIpc) is 3.48. The lowest BCUT2D eigenvalue weighted by Gasteiger charge is -2.31. The highest BCUT2D eigenvalue weighted by Crippen LogP contribution is 2.30. The Hall–Kier alpha value is -4.46. The van der Waals surface area contributed by atoms with E-state index in [9.17, 15) is 14.4 Å². The Balaban J connectivity index is 1.14. The first-order valence-electron chi connectivity index (χ1n) is 12.4. The molecule has 37 heavy (non-hydrogen) atoms. The van der Waals surface area contributed by atoms with Gasteiger partial charge in [0.15, 0.2) is 0 Å². The molecule has 4 aromatic rings. The SMILES string of the molecule is COc1ccc(CN2C(=O)c3ccc(C(=O)N4CCC(c5nc6ccccc6[nH]5)CC4)cc3C2=O)cc1. The van der Waals surface area contributed by atoms with Gasteiger partial charge in [-0.15, -0.1) is 0 Å². The van der Waals surface area contributed by atoms with Gasteiger partial charge >= 0.3 is 0 Å². The number of likely N-dealkylation sites (tertiary alicyclic amines) is 1. The van der Waals surface area contributed by atoms with E-state index in [-0.39, 0.29) is 35.7 Å². The Morgan fingerprint density at radius 3 is 2.43 bits per heavy atom. The molecular weight excluding hydrogens is 468 g/mol. The fourth-order valence-corrected chi connectivity index (χ4v) is 5.19. The van der Waals surface area contributed by atoms with Crippen LogP contribution in [0, 0.1) is 0 Å². The van der Waals surface area contributed by atoms with Crippen LogP contribution in [0.4, 0.5) is 0 Å². The van der Waals surface area contributed by atoms with Crippen LogP contribution in [0.5, 0.6) is 5.75 Å². The number of ether oxygens (including phenoxy) is 1. The molecule has 8 nitrogen and oxygen atoms in total. The van der Waals surface area contributed by atoms with E-state index < -0.39 is 0 Å². The second kappa shape index (κ2) is 9.20. The number of imidazole rings is 1. The quantitative estimate of drug-likeness (QED) is 0.415. The van der Waals surface area contributed by atoms with Gasteiger partial charge in [0.2, 0.25) is 0 Å². The van der Waals surface area contributed by atoms with Gasteiger partial charge in [-0.3, -0.25) is 19.3 Å². The van der Waals surface area contributed by atoms with Gasteiger partial charge in [0.1, 0.15) is 11.6 Å². The number of fused-ring (bicyclic) bond motifs is 2. The zero-order valence-electron chi connectivity index (χ0n) is 20.4. The Kier molecular flexibility index (Phi) is 5.71. The second-order valence-electron chi connectivity index (χ2n) is 9.51. The van der Waals surface area contributed by atoms with Gasteiger partial charge < -0.3 is 14.6 Å². The van der Waals surface area contributed by atoms with Gasteiger partial charge in [0.05, 0.1) is 35.8 Å². The molecule has 0 aliphatic carbocycles. The third-order valence-corrected chi connectivity index (χ3v) is 7.29. The van der Waals surface area contributed by atoms with Crippen molar-refractivity contribution in [3.8, 4) is 5.75 Å². The fourth-order valence-electron chi connectivity index (χ4n) is 5.19. The molecule has 0 atom stereocenters. The number of hydrogen-bond donors (Lipinski definition) is 1. The van der Waals surface area contributed by atoms with Crippen LogP contribution in [0.1, 0.15) is 61.2 Å². The highest BCUT2D eigenvalue weighted by molar-refractivity contribution is 6.22. The maximum absolute atomic E-state index is 13.3. The van der Waals surface area contributed by atoms with E-state index in [0.717, 1.165) is 35.3 Å². The van der Waals surface area contributed by atoms with Gasteiger partial charge in [-0.2, -0.15) is 0 Å². The summed E-state index contributed by atoms with van der Waals surface area (Å²) in [6, 6.07) is 20.0. The van der Waals surface area contributed by atoms with Crippen molar-refractivity contribution in [2.45, 2.75) is 25.3 Å². The number of carbonyl (C=O) groups excluding carboxylic acids is 3. The molecule has 8 heteroatoms. The number of rotatable bonds is 5. The van der Waals surface area contributed by atoms with Crippen LogP contribution in [0.3, 0.4) is 0 Å². The number of nitrogens with one attached hydrogen (secondary N) is 1. The molecule has 2 aliphatic rings. The predicted octanol–water partition coefficient (Wildman–Crippen LogP) is 4.39. The summed E-state index contributed by atoms with van der Waals surface area (Å²) < 4.78 is 5.17. The predicted molar refractivity (Wildman–Crippen MR) is 138 cm³/mol. The molecule has 0 bridgehead atoms. The van der Waals surface area contributed by atoms with Crippen LogP contribution in [-0.2, 0) is 6.54 Å². The molecule has 0 unspecified atom stereocenters. The Labute approximate surface area is 213 Å². The van der Waals surface area contributed by atoms with Gasteiger partial charge in [0.25, 0.3) is 17.7 Å². The molecule has 1 N–H and O–H groups in total. The molecule has 3 heterocycles. The summed E-state index contributed by atoms with van der Waals surface area (Å²) in [7, 11) is 1.58. The van der Waals surface area contributed by atoms with Crippen molar-refractivity contribution in [3.63, 3.8) is 0 Å². The van der Waals surface area contributed by atoms with Crippen molar-refractivity contribution in [1.29, 1.82) is 0 Å². The smallest absolute Gasteiger partial charge is 0.261 e. The maximum atomic E-state index is 13.3. The lowest BCUT2D eigenvalue weighted by Crippen LogP contribution is -2.38. The van der Waals surface area contributed by atoms with Gasteiger partial charge in [0, 0.05) is 24.6 Å².